The van der Waals surface area contributed by atoms with Crippen molar-refractivity contribution in [3.63, 3.8) is 0 Å². The zero-order valence-corrected chi connectivity index (χ0v) is 12.0. The number of aromatic nitrogens is 4. The summed E-state index contributed by atoms with van der Waals surface area (Å²) in [6.07, 6.45) is 6.61. The van der Waals surface area contributed by atoms with Gasteiger partial charge in [0.15, 0.2) is 0 Å². The highest BCUT2D eigenvalue weighted by Crippen LogP contribution is 2.31. The Morgan fingerprint density at radius 2 is 2.11 bits per heavy atom. The first-order chi connectivity index (χ1) is 9.17. The van der Waals surface area contributed by atoms with Gasteiger partial charge in [-0.15, -0.1) is 0 Å². The summed E-state index contributed by atoms with van der Waals surface area (Å²) < 4.78 is 1.96. The van der Waals surface area contributed by atoms with E-state index in [1.165, 1.54) is 0 Å². The molecule has 5 heteroatoms. The molecule has 0 amide bonds. The number of hydrogen-bond donors (Lipinski definition) is 1. The van der Waals surface area contributed by atoms with Crippen LogP contribution < -0.4 is 5.32 Å². The van der Waals surface area contributed by atoms with Gasteiger partial charge in [-0.1, -0.05) is 20.8 Å². The highest BCUT2D eigenvalue weighted by atomic mass is 15.3. The van der Waals surface area contributed by atoms with E-state index in [1.807, 2.05) is 17.9 Å². The van der Waals surface area contributed by atoms with Gasteiger partial charge in [0.1, 0.15) is 12.1 Å². The lowest BCUT2D eigenvalue weighted by Crippen LogP contribution is -2.04. The maximum absolute atomic E-state index is 4.45. The standard InChI is InChI=1S/C14H21N5/c1-5-6-19-8-11(7-18-19)13-12(10(2)3)14(15-4)17-9-16-13/h7-10H,5-6H2,1-4H3,(H,15,16,17). The van der Waals surface area contributed by atoms with E-state index in [2.05, 4.69) is 47.4 Å². The number of rotatable bonds is 5. The average Bonchev–Trinajstić information content (AvgIpc) is 2.86. The molecule has 0 aromatic carbocycles. The van der Waals surface area contributed by atoms with Crippen molar-refractivity contribution >= 4 is 5.82 Å². The minimum atomic E-state index is 0.355. The molecule has 102 valence electrons. The average molecular weight is 259 g/mol. The highest BCUT2D eigenvalue weighted by molar-refractivity contribution is 5.68. The van der Waals surface area contributed by atoms with Crippen LogP contribution >= 0.6 is 0 Å². The summed E-state index contributed by atoms with van der Waals surface area (Å²) in [5, 5.41) is 7.51. The van der Waals surface area contributed by atoms with E-state index in [0.29, 0.717) is 5.92 Å². The van der Waals surface area contributed by atoms with E-state index in [-0.39, 0.29) is 0 Å². The van der Waals surface area contributed by atoms with Gasteiger partial charge in [-0.3, -0.25) is 4.68 Å². The van der Waals surface area contributed by atoms with Crippen molar-refractivity contribution in [2.24, 2.45) is 0 Å². The Labute approximate surface area is 114 Å². The molecule has 5 nitrogen and oxygen atoms in total. The van der Waals surface area contributed by atoms with E-state index in [9.17, 15) is 0 Å². The van der Waals surface area contributed by atoms with Crippen LogP contribution in [0.25, 0.3) is 11.3 Å². The molecule has 0 aliphatic rings. The maximum atomic E-state index is 4.45. The minimum Gasteiger partial charge on any atom is -0.373 e. The summed E-state index contributed by atoms with van der Waals surface area (Å²) in [6, 6.07) is 0. The third-order valence-corrected chi connectivity index (χ3v) is 3.06. The second-order valence-electron chi connectivity index (χ2n) is 4.88. The Bertz CT molecular complexity index is 545. The quantitative estimate of drug-likeness (QED) is 0.897. The van der Waals surface area contributed by atoms with Gasteiger partial charge < -0.3 is 5.32 Å². The van der Waals surface area contributed by atoms with Crippen molar-refractivity contribution in [1.29, 1.82) is 0 Å². The molecule has 0 atom stereocenters. The second kappa shape index (κ2) is 5.82. The first-order valence-corrected chi connectivity index (χ1v) is 6.72. The molecule has 2 aromatic rings. The molecule has 0 bridgehead atoms. The molecule has 0 saturated carbocycles. The van der Waals surface area contributed by atoms with Crippen molar-refractivity contribution < 1.29 is 0 Å². The second-order valence-corrected chi connectivity index (χ2v) is 4.88. The van der Waals surface area contributed by atoms with Crippen molar-refractivity contribution in [1.82, 2.24) is 19.7 Å². The van der Waals surface area contributed by atoms with Crippen LogP contribution in [-0.2, 0) is 6.54 Å². The minimum absolute atomic E-state index is 0.355. The summed E-state index contributed by atoms with van der Waals surface area (Å²) in [7, 11) is 1.89. The Kier molecular flexibility index (Phi) is 4.14. The summed E-state index contributed by atoms with van der Waals surface area (Å²) in [6.45, 7) is 7.38. The molecule has 0 unspecified atom stereocenters. The number of nitrogens with one attached hydrogen (secondary N) is 1. The highest BCUT2D eigenvalue weighted by Gasteiger charge is 2.16. The van der Waals surface area contributed by atoms with Crippen LogP contribution in [0, 0.1) is 0 Å². The molecule has 2 heterocycles. The lowest BCUT2D eigenvalue weighted by Gasteiger charge is -2.14. The predicted molar refractivity (Wildman–Crippen MR) is 77.2 cm³/mol. The molecule has 1 N–H and O–H groups in total. The van der Waals surface area contributed by atoms with Crippen LogP contribution in [0.1, 0.15) is 38.7 Å². The van der Waals surface area contributed by atoms with Gasteiger partial charge in [-0.05, 0) is 12.3 Å². The van der Waals surface area contributed by atoms with E-state index in [1.54, 1.807) is 6.33 Å². The summed E-state index contributed by atoms with van der Waals surface area (Å²) in [5.74, 6) is 1.25. The SMILES string of the molecule is CCCn1cc(-c2ncnc(NC)c2C(C)C)cn1. The van der Waals surface area contributed by atoms with Crippen LogP contribution in [-0.4, -0.2) is 26.8 Å². The number of nitrogens with zero attached hydrogens (tertiary/aromatic N) is 4. The molecule has 2 rings (SSSR count). The van der Waals surface area contributed by atoms with Crippen LogP contribution in [0.5, 0.6) is 0 Å². The molecule has 0 aliphatic carbocycles. The fourth-order valence-corrected chi connectivity index (χ4v) is 2.21. The Morgan fingerprint density at radius 3 is 2.74 bits per heavy atom. The molecule has 0 spiro atoms. The molecule has 0 saturated heterocycles. The van der Waals surface area contributed by atoms with Gasteiger partial charge in [0.05, 0.1) is 11.9 Å². The monoisotopic (exact) mass is 259 g/mol. The zero-order chi connectivity index (χ0) is 13.8. The zero-order valence-electron chi connectivity index (χ0n) is 12.0. The summed E-state index contributed by atoms with van der Waals surface area (Å²) in [4.78, 5) is 8.75. The molecule has 19 heavy (non-hydrogen) atoms. The fourth-order valence-electron chi connectivity index (χ4n) is 2.21. The third-order valence-electron chi connectivity index (χ3n) is 3.06. The summed E-state index contributed by atoms with van der Waals surface area (Å²) >= 11 is 0. The lowest BCUT2D eigenvalue weighted by molar-refractivity contribution is 0.603. The molecular weight excluding hydrogens is 238 g/mol. The number of hydrogen-bond acceptors (Lipinski definition) is 4. The Morgan fingerprint density at radius 1 is 1.32 bits per heavy atom. The van der Waals surface area contributed by atoms with Gasteiger partial charge in [-0.25, -0.2) is 9.97 Å². The Hall–Kier alpha value is -1.91. The van der Waals surface area contributed by atoms with E-state index >= 15 is 0 Å². The molecular formula is C14H21N5. The van der Waals surface area contributed by atoms with Crippen LogP contribution in [0.15, 0.2) is 18.7 Å². The third kappa shape index (κ3) is 2.75. The van der Waals surface area contributed by atoms with Gasteiger partial charge in [0, 0.05) is 30.9 Å². The van der Waals surface area contributed by atoms with Crippen LogP contribution in [0.2, 0.25) is 0 Å². The van der Waals surface area contributed by atoms with E-state index in [4.69, 9.17) is 0 Å². The van der Waals surface area contributed by atoms with Crippen molar-refractivity contribution in [2.45, 2.75) is 39.7 Å². The van der Waals surface area contributed by atoms with E-state index < -0.39 is 0 Å². The van der Waals surface area contributed by atoms with Gasteiger partial charge in [-0.2, -0.15) is 5.10 Å². The van der Waals surface area contributed by atoms with Gasteiger partial charge in [0.2, 0.25) is 0 Å². The topological polar surface area (TPSA) is 55.6 Å². The van der Waals surface area contributed by atoms with E-state index in [0.717, 1.165) is 35.6 Å². The first-order valence-electron chi connectivity index (χ1n) is 6.72. The van der Waals surface area contributed by atoms with Crippen molar-refractivity contribution in [2.75, 3.05) is 12.4 Å². The maximum Gasteiger partial charge on any atom is 0.133 e. The lowest BCUT2D eigenvalue weighted by atomic mass is 9.99. The fraction of sp³-hybridized carbons (Fsp3) is 0.500. The molecule has 0 aliphatic heterocycles. The molecule has 0 fully saturated rings. The van der Waals surface area contributed by atoms with Gasteiger partial charge in [0.25, 0.3) is 0 Å². The molecule has 0 radical (unpaired) electrons. The predicted octanol–water partition coefficient (Wildman–Crippen LogP) is 2.92. The summed E-state index contributed by atoms with van der Waals surface area (Å²) in [5.41, 5.74) is 3.16. The number of aryl methyl sites for hydroxylation is 1. The van der Waals surface area contributed by atoms with Crippen LogP contribution in [0.4, 0.5) is 5.82 Å². The van der Waals surface area contributed by atoms with Gasteiger partial charge >= 0.3 is 0 Å². The largest absolute Gasteiger partial charge is 0.373 e. The first kappa shape index (κ1) is 13.5. The number of anilines is 1. The Balaban J connectivity index is 2.48. The smallest absolute Gasteiger partial charge is 0.133 e. The van der Waals surface area contributed by atoms with Crippen LogP contribution in [0.3, 0.4) is 0 Å². The normalized spacial score (nSPS) is 11.0. The van der Waals surface area contributed by atoms with Crippen molar-refractivity contribution in [3.8, 4) is 11.3 Å². The molecule has 2 aromatic heterocycles. The van der Waals surface area contributed by atoms with Crippen molar-refractivity contribution in [3.05, 3.63) is 24.3 Å².